The van der Waals surface area contributed by atoms with E-state index in [0.717, 1.165) is 11.1 Å². The van der Waals surface area contributed by atoms with E-state index in [1.807, 2.05) is 24.3 Å². The molecule has 4 aromatic carbocycles. The average Bonchev–Trinajstić information content (AvgIpc) is 2.97. The topological polar surface area (TPSA) is 111 Å². The minimum absolute atomic E-state index is 0.283. The maximum atomic E-state index is 12.6. The van der Waals surface area contributed by atoms with Crippen molar-refractivity contribution in [3.63, 3.8) is 0 Å². The fourth-order valence-corrected chi connectivity index (χ4v) is 3.65. The Balaban J connectivity index is 1.37. The van der Waals surface area contributed by atoms with E-state index in [2.05, 4.69) is 20.1 Å². The Morgan fingerprint density at radius 2 is 0.737 bits per heavy atom. The third-order valence-corrected chi connectivity index (χ3v) is 5.76. The summed E-state index contributed by atoms with van der Waals surface area (Å²) in [6.45, 7) is 0. The molecule has 8 nitrogen and oxygen atoms in total. The summed E-state index contributed by atoms with van der Waals surface area (Å²) >= 11 is 0. The van der Waals surface area contributed by atoms with Crippen molar-refractivity contribution in [1.29, 1.82) is 0 Å². The van der Waals surface area contributed by atoms with Gasteiger partial charge in [-0.1, -0.05) is 24.3 Å². The van der Waals surface area contributed by atoms with Gasteiger partial charge in [-0.3, -0.25) is 9.59 Å². The number of amides is 2. The molecule has 2 N–H and O–H groups in total. The number of nitrogens with one attached hydrogen (secondary N) is 2. The van der Waals surface area contributed by atoms with Crippen molar-refractivity contribution in [3.05, 3.63) is 119 Å². The molecule has 0 atom stereocenters. The molecule has 0 aliphatic heterocycles. The number of esters is 2. The maximum absolute atomic E-state index is 12.6. The second kappa shape index (κ2) is 11.7. The van der Waals surface area contributed by atoms with Crippen LogP contribution in [-0.2, 0) is 9.47 Å². The van der Waals surface area contributed by atoms with Crippen molar-refractivity contribution < 1.29 is 28.7 Å². The lowest BCUT2D eigenvalue weighted by molar-refractivity contribution is 0.0592. The lowest BCUT2D eigenvalue weighted by Crippen LogP contribution is -2.12. The molecule has 38 heavy (non-hydrogen) atoms. The zero-order valence-corrected chi connectivity index (χ0v) is 20.7. The van der Waals surface area contributed by atoms with Crippen LogP contribution in [0.3, 0.4) is 0 Å². The molecule has 0 aliphatic carbocycles. The Bertz CT molecular complexity index is 1340. The van der Waals surface area contributed by atoms with E-state index in [-0.39, 0.29) is 11.8 Å². The van der Waals surface area contributed by atoms with E-state index in [4.69, 9.17) is 0 Å². The van der Waals surface area contributed by atoms with Gasteiger partial charge >= 0.3 is 11.9 Å². The van der Waals surface area contributed by atoms with Gasteiger partial charge in [0.25, 0.3) is 11.8 Å². The zero-order chi connectivity index (χ0) is 27.1. The molecule has 0 spiro atoms. The number of carbonyl (C=O) groups excluding carboxylic acids is 4. The Kier molecular flexibility index (Phi) is 7.93. The molecule has 0 aromatic heterocycles. The van der Waals surface area contributed by atoms with E-state index in [1.165, 1.54) is 14.2 Å². The Morgan fingerprint density at radius 3 is 1.03 bits per heavy atom. The summed E-state index contributed by atoms with van der Waals surface area (Å²) in [5, 5.41) is 5.59. The van der Waals surface area contributed by atoms with Gasteiger partial charge in [0.15, 0.2) is 0 Å². The number of ether oxygens (including phenoxy) is 2. The van der Waals surface area contributed by atoms with Gasteiger partial charge in [-0.2, -0.15) is 0 Å². The van der Waals surface area contributed by atoms with Gasteiger partial charge in [-0.15, -0.1) is 0 Å². The molecular formula is C30H24N2O6. The lowest BCUT2D eigenvalue weighted by Gasteiger charge is -2.09. The highest BCUT2D eigenvalue weighted by Gasteiger charge is 2.11. The summed E-state index contributed by atoms with van der Waals surface area (Å²) in [5.41, 5.74) is 4.61. The monoisotopic (exact) mass is 508 g/mol. The summed E-state index contributed by atoms with van der Waals surface area (Å²) < 4.78 is 9.34. The van der Waals surface area contributed by atoms with Gasteiger partial charge in [-0.05, 0) is 83.9 Å². The highest BCUT2D eigenvalue weighted by Crippen LogP contribution is 2.22. The van der Waals surface area contributed by atoms with Crippen molar-refractivity contribution >= 4 is 35.1 Å². The summed E-state index contributed by atoms with van der Waals surface area (Å²) in [6.07, 6.45) is 0. The molecule has 4 aromatic rings. The second-order valence-corrected chi connectivity index (χ2v) is 8.20. The van der Waals surface area contributed by atoms with Crippen LogP contribution >= 0.6 is 0 Å². The molecule has 0 heterocycles. The van der Waals surface area contributed by atoms with Crippen LogP contribution in [0.1, 0.15) is 41.4 Å². The molecule has 0 unspecified atom stereocenters. The van der Waals surface area contributed by atoms with E-state index in [9.17, 15) is 19.2 Å². The van der Waals surface area contributed by atoms with Crippen molar-refractivity contribution in [3.8, 4) is 11.1 Å². The summed E-state index contributed by atoms with van der Waals surface area (Å²) in [5.74, 6) is -1.46. The largest absolute Gasteiger partial charge is 0.465 e. The molecule has 0 saturated heterocycles. The van der Waals surface area contributed by atoms with Crippen molar-refractivity contribution in [2.45, 2.75) is 0 Å². The van der Waals surface area contributed by atoms with Crippen LogP contribution < -0.4 is 10.6 Å². The quantitative estimate of drug-likeness (QED) is 0.322. The van der Waals surface area contributed by atoms with Gasteiger partial charge in [0.05, 0.1) is 25.3 Å². The van der Waals surface area contributed by atoms with Crippen molar-refractivity contribution in [1.82, 2.24) is 0 Å². The molecule has 8 heteroatoms. The Labute approximate surface area is 219 Å². The van der Waals surface area contributed by atoms with E-state index >= 15 is 0 Å². The predicted molar refractivity (Wildman–Crippen MR) is 143 cm³/mol. The number of hydrogen-bond donors (Lipinski definition) is 2. The lowest BCUT2D eigenvalue weighted by atomic mass is 10.0. The highest BCUT2D eigenvalue weighted by molar-refractivity contribution is 6.05. The normalized spacial score (nSPS) is 10.3. The molecule has 2 amide bonds. The first kappa shape index (κ1) is 25.8. The fourth-order valence-electron chi connectivity index (χ4n) is 3.65. The molecule has 0 saturated carbocycles. The predicted octanol–water partition coefficient (Wildman–Crippen LogP) is 5.43. The van der Waals surface area contributed by atoms with Crippen LogP contribution in [0.2, 0.25) is 0 Å². The maximum Gasteiger partial charge on any atom is 0.337 e. The third kappa shape index (κ3) is 6.11. The minimum Gasteiger partial charge on any atom is -0.465 e. The molecule has 0 aliphatic rings. The Hall–Kier alpha value is -5.24. The number of hydrogen-bond acceptors (Lipinski definition) is 6. The molecule has 0 bridgehead atoms. The van der Waals surface area contributed by atoms with Crippen LogP contribution in [0.5, 0.6) is 0 Å². The molecule has 4 rings (SSSR count). The summed E-state index contributed by atoms with van der Waals surface area (Å²) in [7, 11) is 2.62. The minimum atomic E-state index is -0.445. The van der Waals surface area contributed by atoms with Gasteiger partial charge in [-0.25, -0.2) is 9.59 Å². The first-order valence-electron chi connectivity index (χ1n) is 11.6. The van der Waals surface area contributed by atoms with Gasteiger partial charge in [0.2, 0.25) is 0 Å². The second-order valence-electron chi connectivity index (χ2n) is 8.20. The van der Waals surface area contributed by atoms with E-state index in [1.54, 1.807) is 72.8 Å². The third-order valence-electron chi connectivity index (χ3n) is 5.76. The standard InChI is InChI=1S/C30H24N2O6/c1-37-29(35)23-11-15-25(16-12-23)31-27(33)21-7-3-19(4-8-21)20-5-9-22(10-6-20)28(34)32-26-17-13-24(14-18-26)30(36)38-2/h3-18H,1-2H3,(H,31,33)(H,32,34). The van der Waals surface area contributed by atoms with Crippen molar-refractivity contribution in [2.75, 3.05) is 24.9 Å². The van der Waals surface area contributed by atoms with Crippen LogP contribution in [0.15, 0.2) is 97.1 Å². The highest BCUT2D eigenvalue weighted by atomic mass is 16.5. The average molecular weight is 509 g/mol. The van der Waals surface area contributed by atoms with Crippen LogP contribution in [0.4, 0.5) is 11.4 Å². The first-order chi connectivity index (χ1) is 18.4. The number of rotatable bonds is 7. The van der Waals surface area contributed by atoms with Crippen LogP contribution in [0.25, 0.3) is 11.1 Å². The SMILES string of the molecule is COC(=O)c1ccc(NC(=O)c2ccc(-c3ccc(C(=O)Nc4ccc(C(=O)OC)cc4)cc3)cc2)cc1. The Morgan fingerprint density at radius 1 is 0.447 bits per heavy atom. The molecular weight excluding hydrogens is 484 g/mol. The smallest absolute Gasteiger partial charge is 0.337 e. The van der Waals surface area contributed by atoms with E-state index in [0.29, 0.717) is 33.6 Å². The first-order valence-corrected chi connectivity index (χ1v) is 11.6. The van der Waals surface area contributed by atoms with Crippen LogP contribution in [0, 0.1) is 0 Å². The van der Waals surface area contributed by atoms with Gasteiger partial charge in [0.1, 0.15) is 0 Å². The summed E-state index contributed by atoms with van der Waals surface area (Å²) in [6, 6.07) is 27.0. The fraction of sp³-hybridized carbons (Fsp3) is 0.0667. The molecule has 0 radical (unpaired) electrons. The number of anilines is 2. The number of benzene rings is 4. The zero-order valence-electron chi connectivity index (χ0n) is 20.7. The molecule has 190 valence electrons. The van der Waals surface area contributed by atoms with Crippen LogP contribution in [-0.4, -0.2) is 38.0 Å². The number of methoxy groups -OCH3 is 2. The summed E-state index contributed by atoms with van der Waals surface area (Å²) in [4.78, 5) is 48.3. The van der Waals surface area contributed by atoms with Gasteiger partial charge < -0.3 is 20.1 Å². The van der Waals surface area contributed by atoms with Crippen molar-refractivity contribution in [2.24, 2.45) is 0 Å². The number of carbonyl (C=O) groups is 4. The van der Waals surface area contributed by atoms with Gasteiger partial charge in [0, 0.05) is 22.5 Å². The molecule has 0 fully saturated rings. The van der Waals surface area contributed by atoms with E-state index < -0.39 is 11.9 Å².